The van der Waals surface area contributed by atoms with Crippen LogP contribution in [-0.2, 0) is 52.2 Å². The predicted octanol–water partition coefficient (Wildman–Crippen LogP) is -1.54. The van der Waals surface area contributed by atoms with Gasteiger partial charge in [-0.1, -0.05) is 46.3 Å². The highest BCUT2D eigenvalue weighted by Gasteiger charge is 2.72. The van der Waals surface area contributed by atoms with E-state index in [0.717, 1.165) is 24.8 Å². The van der Waals surface area contributed by atoms with Crippen molar-refractivity contribution in [3.05, 3.63) is 11.6 Å². The van der Waals surface area contributed by atoms with E-state index in [1.807, 2.05) is 20.8 Å². The summed E-state index contributed by atoms with van der Waals surface area (Å²) < 4.78 is 53.9. The molecule has 466 valence electrons. The molecule has 0 bridgehead atoms. The van der Waals surface area contributed by atoms with Crippen LogP contribution in [0.1, 0.15) is 120 Å². The highest BCUT2D eigenvalue weighted by atomic mass is 16.8. The minimum Gasteiger partial charge on any atom is -0.481 e. The molecule has 4 saturated carbocycles. The van der Waals surface area contributed by atoms with Gasteiger partial charge in [-0.3, -0.25) is 9.59 Å². The SMILES string of the molecule is CC(C)=CCC[C@](C)(O[C@@H]1O[C@H](CO[C@@H]2OC[C@H](O)[C@H](O)[C@H]2O)[C@@H](O)[C@H](O)[C@H]1O)[C@H]1CC[C@]2(C)[C@@H]1[C@H](O)C[C@@H]1[C@@]3(C)CC[C@@H](O[C@@H]4O[C@H](CO)[C@@H](O)[C@H](O)[C@H]4O[C@@H]4O[C@H](COC(=O)CC(=O)O)[C@@H](O)[C@H](O)[C@H]4O)C(C)(C)[C@H]3CC[C@]12C. The third-order valence-electron chi connectivity index (χ3n) is 21.0. The summed E-state index contributed by atoms with van der Waals surface area (Å²) >= 11 is 0. The Hall–Kier alpha value is -2.16. The predicted molar refractivity (Wildman–Crippen MR) is 276 cm³/mol. The van der Waals surface area contributed by atoms with Gasteiger partial charge in [0.15, 0.2) is 25.2 Å². The van der Waals surface area contributed by atoms with Crippen molar-refractivity contribution in [3.63, 3.8) is 0 Å². The number of carbonyl (C=O) groups is 2. The molecule has 81 heavy (non-hydrogen) atoms. The second-order valence-corrected chi connectivity index (χ2v) is 26.4. The Balaban J connectivity index is 0.997. The number of aliphatic hydroxyl groups excluding tert-OH is 13. The Bertz CT molecular complexity index is 2180. The smallest absolute Gasteiger partial charge is 0.317 e. The van der Waals surface area contributed by atoms with Gasteiger partial charge in [0.2, 0.25) is 0 Å². The summed E-state index contributed by atoms with van der Waals surface area (Å²) in [5.74, 6) is -3.18. The third-order valence-corrected chi connectivity index (χ3v) is 21.0. The number of esters is 1. The first-order valence-corrected chi connectivity index (χ1v) is 28.8. The number of aliphatic carboxylic acids is 1. The van der Waals surface area contributed by atoms with Crippen LogP contribution in [0.3, 0.4) is 0 Å². The van der Waals surface area contributed by atoms with Crippen molar-refractivity contribution < 1.29 is 124 Å². The standard InChI is InChI=1S/C56H92O25/c1-24(2)10-9-14-56(8,81-50-46(72)42(68)40(66)30(78-50)23-75-48-44(70)37(63)27(59)21-74-48)25-11-16-55(7)36(25)26(58)18-32-53(5)15-13-33(52(3,4)31(53)12-17-54(32,55)6)79-51-47(43(69)38(64)28(20-57)76-51)80-49-45(71)41(67)39(65)29(77-49)22-73-35(62)19-34(60)61/h10,25-33,36-51,57-59,63-72H,9,11-23H2,1-8H3,(H,60,61)/t25-,26+,27-,28+,29+,30+,31+,32+,33+,36-,37-,38+,39+,40+,41-,42-,43-,44+,45+,46+,47+,48-,49-,50-,51-,53-,54+,55+,56-/m0/s1. The highest BCUT2D eigenvalue weighted by molar-refractivity contribution is 5.90. The molecule has 0 amide bonds. The summed E-state index contributed by atoms with van der Waals surface area (Å²) in [5, 5.41) is 152. The molecular formula is C56H92O25. The van der Waals surface area contributed by atoms with Crippen molar-refractivity contribution in [2.75, 3.05) is 26.4 Å². The molecule has 0 spiro atoms. The average Bonchev–Trinajstić information content (AvgIpc) is 2.94. The number of carboxylic acids is 1. The summed E-state index contributed by atoms with van der Waals surface area (Å²) in [4.78, 5) is 23.0. The number of aliphatic hydroxyl groups is 13. The maximum absolute atomic E-state index is 12.9. The number of carboxylic acid groups (broad SMARTS) is 1. The first-order chi connectivity index (χ1) is 37.8. The van der Waals surface area contributed by atoms with Crippen LogP contribution >= 0.6 is 0 Å². The molecule has 14 N–H and O–H groups in total. The van der Waals surface area contributed by atoms with Gasteiger partial charge in [0, 0.05) is 0 Å². The normalized spacial score (nSPS) is 49.6. The van der Waals surface area contributed by atoms with Crippen molar-refractivity contribution >= 4 is 11.9 Å². The number of carbonyl (C=O) groups excluding carboxylic acids is 1. The van der Waals surface area contributed by atoms with Gasteiger partial charge in [-0.05, 0) is 124 Å². The van der Waals surface area contributed by atoms with E-state index in [-0.39, 0.29) is 41.1 Å². The Labute approximate surface area is 472 Å². The zero-order valence-electron chi connectivity index (χ0n) is 47.7. The molecule has 8 fully saturated rings. The van der Waals surface area contributed by atoms with Crippen LogP contribution in [0.5, 0.6) is 0 Å². The molecule has 4 aliphatic carbocycles. The Morgan fingerprint density at radius 1 is 0.630 bits per heavy atom. The van der Waals surface area contributed by atoms with E-state index in [2.05, 4.69) is 40.7 Å². The monoisotopic (exact) mass is 1160 g/mol. The van der Waals surface area contributed by atoms with Gasteiger partial charge in [0.05, 0.1) is 37.6 Å². The molecule has 8 rings (SSSR count). The summed E-state index contributed by atoms with van der Waals surface area (Å²) in [6.07, 6.45) is -25.5. The van der Waals surface area contributed by atoms with Crippen LogP contribution in [0.25, 0.3) is 0 Å². The lowest BCUT2D eigenvalue weighted by Gasteiger charge is -2.71. The Morgan fingerprint density at radius 3 is 1.86 bits per heavy atom. The largest absolute Gasteiger partial charge is 0.481 e. The maximum atomic E-state index is 12.9. The van der Waals surface area contributed by atoms with E-state index in [1.54, 1.807) is 0 Å². The molecule has 0 unspecified atom stereocenters. The average molecular weight is 1170 g/mol. The first kappa shape index (κ1) is 64.8. The second-order valence-electron chi connectivity index (χ2n) is 26.4. The van der Waals surface area contributed by atoms with Gasteiger partial charge in [0.1, 0.15) is 105 Å². The number of hydrogen-bond acceptors (Lipinski definition) is 24. The van der Waals surface area contributed by atoms with Crippen molar-refractivity contribution in [3.8, 4) is 0 Å². The van der Waals surface area contributed by atoms with E-state index >= 15 is 0 Å². The van der Waals surface area contributed by atoms with Gasteiger partial charge in [-0.15, -0.1) is 0 Å². The molecular weight excluding hydrogens is 1070 g/mol. The van der Waals surface area contributed by atoms with E-state index in [1.165, 1.54) is 0 Å². The zero-order valence-corrected chi connectivity index (χ0v) is 47.7. The van der Waals surface area contributed by atoms with Crippen LogP contribution in [0.2, 0.25) is 0 Å². The lowest BCUT2D eigenvalue weighted by atomic mass is 9.35. The molecule has 0 aromatic carbocycles. The molecule has 4 saturated heterocycles. The van der Waals surface area contributed by atoms with Gasteiger partial charge in [0.25, 0.3) is 0 Å². The molecule has 25 nitrogen and oxygen atoms in total. The number of hydrogen-bond donors (Lipinski definition) is 14. The molecule has 4 aliphatic heterocycles. The quantitative estimate of drug-likeness (QED) is 0.0320. The number of rotatable bonds is 18. The topological polar surface area (TPSA) is 400 Å². The fourth-order valence-corrected chi connectivity index (χ4v) is 16.3. The fraction of sp³-hybridized carbons (Fsp3) is 0.929. The van der Waals surface area contributed by atoms with E-state index in [0.29, 0.717) is 38.5 Å². The van der Waals surface area contributed by atoms with Crippen LogP contribution in [0.15, 0.2) is 11.6 Å². The Morgan fingerprint density at radius 2 is 1.22 bits per heavy atom. The lowest BCUT2D eigenvalue weighted by molar-refractivity contribution is -0.378. The van der Waals surface area contributed by atoms with Gasteiger partial charge in [-0.25, -0.2) is 0 Å². The molecule has 0 aromatic heterocycles. The summed E-state index contributed by atoms with van der Waals surface area (Å²) in [5.41, 5.74) is -1.72. The molecule has 0 radical (unpaired) electrons. The Kier molecular flexibility index (Phi) is 19.9. The zero-order chi connectivity index (χ0) is 59.6. The van der Waals surface area contributed by atoms with Gasteiger partial charge in [-0.2, -0.15) is 0 Å². The fourth-order valence-electron chi connectivity index (χ4n) is 16.3. The molecule has 25 heteroatoms. The van der Waals surface area contributed by atoms with Crippen LogP contribution in [-0.4, -0.2) is 244 Å². The summed E-state index contributed by atoms with van der Waals surface area (Å²) in [7, 11) is 0. The first-order valence-electron chi connectivity index (χ1n) is 28.8. The molecule has 0 aromatic rings. The third kappa shape index (κ3) is 12.2. The van der Waals surface area contributed by atoms with Crippen LogP contribution in [0.4, 0.5) is 0 Å². The molecule has 8 aliphatic rings. The van der Waals surface area contributed by atoms with E-state index in [9.17, 15) is 76.0 Å². The number of allylic oxidation sites excluding steroid dienone is 2. The number of ether oxygens (including phenoxy) is 9. The maximum Gasteiger partial charge on any atom is 0.317 e. The van der Waals surface area contributed by atoms with Crippen molar-refractivity contribution in [2.45, 2.75) is 254 Å². The number of fused-ring (bicyclic) bond motifs is 5. The van der Waals surface area contributed by atoms with E-state index < -0.39 is 184 Å². The van der Waals surface area contributed by atoms with Crippen LogP contribution < -0.4 is 0 Å². The van der Waals surface area contributed by atoms with Gasteiger partial charge < -0.3 is 114 Å². The van der Waals surface area contributed by atoms with Crippen LogP contribution in [0, 0.1) is 45.3 Å². The molecule has 4 heterocycles. The molecule has 29 atom stereocenters. The lowest BCUT2D eigenvalue weighted by Crippen LogP contribution is -2.68. The van der Waals surface area contributed by atoms with Crippen molar-refractivity contribution in [2.24, 2.45) is 45.3 Å². The van der Waals surface area contributed by atoms with E-state index in [4.69, 9.17) is 47.7 Å². The summed E-state index contributed by atoms with van der Waals surface area (Å²) in [6.45, 7) is 14.8. The van der Waals surface area contributed by atoms with Crippen molar-refractivity contribution in [1.82, 2.24) is 0 Å². The summed E-state index contributed by atoms with van der Waals surface area (Å²) in [6, 6.07) is 0. The van der Waals surface area contributed by atoms with Crippen molar-refractivity contribution in [1.29, 1.82) is 0 Å². The highest BCUT2D eigenvalue weighted by Crippen LogP contribution is 2.76. The minimum atomic E-state index is -1.95. The second kappa shape index (κ2) is 24.9. The minimum absolute atomic E-state index is 0.00544. The van der Waals surface area contributed by atoms with Gasteiger partial charge >= 0.3 is 11.9 Å².